The Balaban J connectivity index is 2.20. The van der Waals surface area contributed by atoms with E-state index in [4.69, 9.17) is 4.52 Å². The molecule has 19 heavy (non-hydrogen) atoms. The molecular formula is C13H18N2O3S. The quantitative estimate of drug-likeness (QED) is 0.816. The molecule has 104 valence electrons. The maximum absolute atomic E-state index is 12.2. The third-order valence-corrected chi connectivity index (χ3v) is 4.84. The van der Waals surface area contributed by atoms with Crippen molar-refractivity contribution in [3.63, 3.8) is 0 Å². The van der Waals surface area contributed by atoms with Gasteiger partial charge in [0.15, 0.2) is 5.58 Å². The van der Waals surface area contributed by atoms with Crippen LogP contribution in [0.2, 0.25) is 0 Å². The average Bonchev–Trinajstić information content (AvgIpc) is 2.79. The first kappa shape index (κ1) is 14.0. The molecule has 5 nitrogen and oxygen atoms in total. The number of benzene rings is 1. The normalized spacial score (nSPS) is 12.4. The van der Waals surface area contributed by atoms with Gasteiger partial charge in [0.2, 0.25) is 10.0 Å². The number of nitrogens with zero attached hydrogens (tertiary/aromatic N) is 2. The van der Waals surface area contributed by atoms with Gasteiger partial charge in [0.05, 0.1) is 0 Å². The predicted octanol–water partition coefficient (Wildman–Crippen LogP) is 2.39. The monoisotopic (exact) mass is 282 g/mol. The minimum absolute atomic E-state index is 0.121. The van der Waals surface area contributed by atoms with Crippen molar-refractivity contribution < 1.29 is 12.9 Å². The summed E-state index contributed by atoms with van der Waals surface area (Å²) in [5.74, 6) is -0.121. The van der Waals surface area contributed by atoms with Crippen LogP contribution in [-0.2, 0) is 15.8 Å². The van der Waals surface area contributed by atoms with E-state index in [9.17, 15) is 8.42 Å². The maximum atomic E-state index is 12.2. The van der Waals surface area contributed by atoms with Gasteiger partial charge < -0.3 is 4.52 Å². The third kappa shape index (κ3) is 3.13. The Hall–Kier alpha value is -1.40. The van der Waals surface area contributed by atoms with E-state index in [1.165, 1.54) is 4.31 Å². The first-order valence-electron chi connectivity index (χ1n) is 6.32. The highest BCUT2D eigenvalue weighted by Crippen LogP contribution is 2.20. The zero-order chi connectivity index (χ0) is 13.9. The Morgan fingerprint density at radius 3 is 2.79 bits per heavy atom. The van der Waals surface area contributed by atoms with Gasteiger partial charge in [-0.25, -0.2) is 12.7 Å². The second-order valence-electron chi connectivity index (χ2n) is 4.56. The molecule has 2 rings (SSSR count). The van der Waals surface area contributed by atoms with Gasteiger partial charge in [-0.3, -0.25) is 0 Å². The van der Waals surface area contributed by atoms with Crippen molar-refractivity contribution in [1.82, 2.24) is 9.46 Å². The average molecular weight is 282 g/mol. The Bertz CT molecular complexity index is 649. The standard InChI is InChI=1S/C13H18N2O3S/c1-3-4-9-15(2)19(16,17)10-12-11-7-5-6-8-13(11)18-14-12/h5-8H,3-4,9-10H2,1-2H3. The lowest BCUT2D eigenvalue weighted by Gasteiger charge is -2.15. The van der Waals surface area contributed by atoms with E-state index in [0.717, 1.165) is 18.2 Å². The van der Waals surface area contributed by atoms with Crippen molar-refractivity contribution in [3.05, 3.63) is 30.0 Å². The van der Waals surface area contributed by atoms with Gasteiger partial charge in [-0.05, 0) is 18.6 Å². The molecule has 6 heteroatoms. The topological polar surface area (TPSA) is 63.4 Å². The van der Waals surface area contributed by atoms with Crippen molar-refractivity contribution in [3.8, 4) is 0 Å². The van der Waals surface area contributed by atoms with Crippen LogP contribution in [0.4, 0.5) is 0 Å². The van der Waals surface area contributed by atoms with Gasteiger partial charge in [0.1, 0.15) is 11.4 Å². The molecule has 0 saturated carbocycles. The van der Waals surface area contributed by atoms with Crippen molar-refractivity contribution in [2.24, 2.45) is 0 Å². The minimum Gasteiger partial charge on any atom is -0.356 e. The summed E-state index contributed by atoms with van der Waals surface area (Å²) in [7, 11) is -1.73. The molecular weight excluding hydrogens is 264 g/mol. The number of unbranched alkanes of at least 4 members (excludes halogenated alkanes) is 1. The number of hydrogen-bond donors (Lipinski definition) is 0. The summed E-state index contributed by atoms with van der Waals surface area (Å²) in [5, 5.41) is 4.62. The highest BCUT2D eigenvalue weighted by Gasteiger charge is 2.21. The Morgan fingerprint density at radius 2 is 2.05 bits per heavy atom. The molecule has 0 aliphatic rings. The smallest absolute Gasteiger partial charge is 0.219 e. The van der Waals surface area contributed by atoms with Gasteiger partial charge in [-0.1, -0.05) is 30.6 Å². The fourth-order valence-corrected chi connectivity index (χ4v) is 3.03. The summed E-state index contributed by atoms with van der Waals surface area (Å²) in [6.45, 7) is 2.57. The summed E-state index contributed by atoms with van der Waals surface area (Å²) in [6, 6.07) is 7.28. The fourth-order valence-electron chi connectivity index (χ4n) is 1.85. The van der Waals surface area contributed by atoms with Crippen LogP contribution in [-0.4, -0.2) is 31.5 Å². The Morgan fingerprint density at radius 1 is 1.32 bits per heavy atom. The highest BCUT2D eigenvalue weighted by atomic mass is 32.2. The van der Waals surface area contributed by atoms with E-state index in [1.54, 1.807) is 13.1 Å². The van der Waals surface area contributed by atoms with E-state index in [0.29, 0.717) is 17.8 Å². The molecule has 0 aliphatic carbocycles. The predicted molar refractivity (Wildman–Crippen MR) is 74.2 cm³/mol. The van der Waals surface area contributed by atoms with Crippen LogP contribution in [0.25, 0.3) is 11.0 Å². The summed E-state index contributed by atoms with van der Waals surface area (Å²) in [5.41, 5.74) is 1.09. The first-order chi connectivity index (χ1) is 9.04. The number of hydrogen-bond acceptors (Lipinski definition) is 4. The lowest BCUT2D eigenvalue weighted by atomic mass is 10.2. The molecule has 0 amide bonds. The fraction of sp³-hybridized carbons (Fsp3) is 0.462. The molecule has 2 aromatic rings. The van der Waals surface area contributed by atoms with Crippen LogP contribution in [0, 0.1) is 0 Å². The van der Waals surface area contributed by atoms with Gasteiger partial charge in [0, 0.05) is 19.0 Å². The summed E-state index contributed by atoms with van der Waals surface area (Å²) >= 11 is 0. The van der Waals surface area contributed by atoms with Crippen LogP contribution in [0.3, 0.4) is 0 Å². The number of sulfonamides is 1. The number of rotatable bonds is 6. The van der Waals surface area contributed by atoms with E-state index in [1.807, 2.05) is 25.1 Å². The summed E-state index contributed by atoms with van der Waals surface area (Å²) in [4.78, 5) is 0. The van der Waals surface area contributed by atoms with Crippen LogP contribution in [0.5, 0.6) is 0 Å². The van der Waals surface area contributed by atoms with Crippen LogP contribution >= 0.6 is 0 Å². The number of fused-ring (bicyclic) bond motifs is 1. The van der Waals surface area contributed by atoms with Gasteiger partial charge in [-0.2, -0.15) is 0 Å². The van der Waals surface area contributed by atoms with E-state index in [-0.39, 0.29) is 5.75 Å². The molecule has 0 saturated heterocycles. The lowest BCUT2D eigenvalue weighted by molar-refractivity contribution is 0.440. The second-order valence-corrected chi connectivity index (χ2v) is 6.63. The lowest BCUT2D eigenvalue weighted by Crippen LogP contribution is -2.29. The molecule has 1 aromatic heterocycles. The van der Waals surface area contributed by atoms with E-state index >= 15 is 0 Å². The van der Waals surface area contributed by atoms with Crippen molar-refractivity contribution in [2.75, 3.05) is 13.6 Å². The minimum atomic E-state index is -3.34. The molecule has 0 spiro atoms. The Kier molecular flexibility index (Phi) is 4.21. The van der Waals surface area contributed by atoms with Crippen molar-refractivity contribution in [1.29, 1.82) is 0 Å². The zero-order valence-corrected chi connectivity index (χ0v) is 12.0. The SMILES string of the molecule is CCCCN(C)S(=O)(=O)Cc1noc2ccccc12. The number of para-hydroxylation sites is 1. The van der Waals surface area contributed by atoms with Crippen LogP contribution < -0.4 is 0 Å². The van der Waals surface area contributed by atoms with Crippen molar-refractivity contribution >= 4 is 21.0 Å². The highest BCUT2D eigenvalue weighted by molar-refractivity contribution is 7.88. The molecule has 0 fully saturated rings. The zero-order valence-electron chi connectivity index (χ0n) is 11.2. The molecule has 1 aromatic carbocycles. The molecule has 0 radical (unpaired) electrons. The molecule has 0 atom stereocenters. The molecule has 1 heterocycles. The third-order valence-electron chi connectivity index (χ3n) is 3.07. The maximum Gasteiger partial charge on any atom is 0.219 e. The van der Waals surface area contributed by atoms with Crippen molar-refractivity contribution in [2.45, 2.75) is 25.5 Å². The van der Waals surface area contributed by atoms with Gasteiger partial charge in [0.25, 0.3) is 0 Å². The largest absolute Gasteiger partial charge is 0.356 e. The molecule has 0 aliphatic heterocycles. The molecule has 0 N–H and O–H groups in total. The van der Waals surface area contributed by atoms with E-state index in [2.05, 4.69) is 5.16 Å². The molecule has 0 bridgehead atoms. The number of aromatic nitrogens is 1. The summed E-state index contributed by atoms with van der Waals surface area (Å²) in [6.07, 6.45) is 1.82. The van der Waals surface area contributed by atoms with Crippen LogP contribution in [0.1, 0.15) is 25.5 Å². The van der Waals surface area contributed by atoms with E-state index < -0.39 is 10.0 Å². The molecule has 0 unspecified atom stereocenters. The van der Waals surface area contributed by atoms with Crippen LogP contribution in [0.15, 0.2) is 28.8 Å². The van der Waals surface area contributed by atoms with Gasteiger partial charge in [-0.15, -0.1) is 0 Å². The summed E-state index contributed by atoms with van der Waals surface area (Å²) < 4.78 is 30.9. The first-order valence-corrected chi connectivity index (χ1v) is 7.93. The Labute approximate surface area is 113 Å². The van der Waals surface area contributed by atoms with Gasteiger partial charge >= 0.3 is 0 Å². The second kappa shape index (κ2) is 5.71.